The molecule has 1 saturated heterocycles. The molecular formula is C22H21N5O. The molecule has 6 heteroatoms. The van der Waals surface area contributed by atoms with Crippen LogP contribution in [0.4, 0.5) is 0 Å². The van der Waals surface area contributed by atoms with Gasteiger partial charge in [-0.05, 0) is 42.7 Å². The zero-order valence-electron chi connectivity index (χ0n) is 15.5. The number of nitrogens with zero attached hydrogens (tertiary/aromatic N) is 4. The first-order valence-corrected chi connectivity index (χ1v) is 9.58. The second-order valence-electron chi connectivity index (χ2n) is 7.23. The number of fused-ring (bicyclic) bond motifs is 1. The Morgan fingerprint density at radius 2 is 2.00 bits per heavy atom. The molecule has 1 fully saturated rings. The number of benzene rings is 2. The van der Waals surface area contributed by atoms with Crippen LogP contribution in [0.5, 0.6) is 0 Å². The average Bonchev–Trinajstić information content (AvgIpc) is 3.47. The number of likely N-dealkylation sites (tertiary alicyclic amines) is 1. The second-order valence-corrected chi connectivity index (χ2v) is 7.23. The summed E-state index contributed by atoms with van der Waals surface area (Å²) < 4.78 is 2.01. The zero-order chi connectivity index (χ0) is 18.9. The number of para-hydroxylation sites is 2. The summed E-state index contributed by atoms with van der Waals surface area (Å²) in [5, 5.41) is 0. The van der Waals surface area contributed by atoms with Gasteiger partial charge in [0.15, 0.2) is 0 Å². The lowest BCUT2D eigenvalue weighted by Crippen LogP contribution is -2.31. The van der Waals surface area contributed by atoms with Gasteiger partial charge in [-0.1, -0.05) is 24.3 Å². The Kier molecular flexibility index (Phi) is 4.16. The fourth-order valence-corrected chi connectivity index (χ4v) is 3.93. The lowest BCUT2D eigenvalue weighted by Gasteiger charge is -2.23. The van der Waals surface area contributed by atoms with Crippen molar-refractivity contribution >= 4 is 16.9 Å². The molecule has 1 atom stereocenters. The van der Waals surface area contributed by atoms with E-state index in [1.54, 1.807) is 12.5 Å². The number of amides is 1. The fourth-order valence-electron chi connectivity index (χ4n) is 3.93. The largest absolute Gasteiger partial charge is 0.340 e. The Morgan fingerprint density at radius 3 is 2.79 bits per heavy atom. The first-order valence-electron chi connectivity index (χ1n) is 9.58. The molecule has 1 aliphatic rings. The molecule has 5 rings (SSSR count). The van der Waals surface area contributed by atoms with E-state index >= 15 is 0 Å². The summed E-state index contributed by atoms with van der Waals surface area (Å²) in [6.07, 6.45) is 7.42. The van der Waals surface area contributed by atoms with Crippen LogP contribution in [0.25, 0.3) is 11.0 Å². The van der Waals surface area contributed by atoms with E-state index in [0.717, 1.165) is 53.9 Å². The summed E-state index contributed by atoms with van der Waals surface area (Å²) in [6.45, 7) is 1.51. The molecule has 3 heterocycles. The van der Waals surface area contributed by atoms with Gasteiger partial charge in [-0.25, -0.2) is 9.97 Å². The molecule has 1 N–H and O–H groups in total. The minimum Gasteiger partial charge on any atom is -0.340 e. The van der Waals surface area contributed by atoms with E-state index in [0.29, 0.717) is 0 Å². The summed E-state index contributed by atoms with van der Waals surface area (Å²) in [5.74, 6) is 0.945. The Labute approximate surface area is 162 Å². The molecule has 1 amide bonds. The third-order valence-corrected chi connectivity index (χ3v) is 5.36. The van der Waals surface area contributed by atoms with Gasteiger partial charge >= 0.3 is 0 Å². The number of nitrogens with one attached hydrogen (secondary N) is 1. The maximum absolute atomic E-state index is 13.1. The minimum atomic E-state index is 0.00512. The number of imidazole rings is 2. The fraction of sp³-hybridized carbons (Fsp3) is 0.227. The number of H-pyrrole nitrogens is 1. The van der Waals surface area contributed by atoms with E-state index in [-0.39, 0.29) is 11.9 Å². The molecule has 0 aliphatic carbocycles. The molecule has 4 aromatic rings. The van der Waals surface area contributed by atoms with E-state index < -0.39 is 0 Å². The van der Waals surface area contributed by atoms with E-state index in [1.165, 1.54) is 0 Å². The van der Waals surface area contributed by atoms with E-state index in [2.05, 4.69) is 9.97 Å². The second kappa shape index (κ2) is 6.96. The predicted octanol–water partition coefficient (Wildman–Crippen LogP) is 3.79. The maximum atomic E-state index is 13.1. The Hall–Kier alpha value is -3.41. The highest BCUT2D eigenvalue weighted by Crippen LogP contribution is 2.32. The quantitative estimate of drug-likeness (QED) is 0.594. The molecule has 6 nitrogen and oxygen atoms in total. The monoisotopic (exact) mass is 371 g/mol. The average molecular weight is 371 g/mol. The van der Waals surface area contributed by atoms with Crippen molar-refractivity contribution in [2.24, 2.45) is 0 Å². The third-order valence-electron chi connectivity index (χ3n) is 5.36. The van der Waals surface area contributed by atoms with Crippen LogP contribution in [0.1, 0.15) is 40.6 Å². The molecule has 0 saturated carbocycles. The van der Waals surface area contributed by atoms with Crippen LogP contribution in [0.2, 0.25) is 0 Å². The number of carbonyl (C=O) groups excluding carboxylic acids is 1. The van der Waals surface area contributed by atoms with E-state index in [9.17, 15) is 4.79 Å². The molecule has 1 aliphatic heterocycles. The van der Waals surface area contributed by atoms with Crippen LogP contribution in [-0.2, 0) is 6.54 Å². The molecule has 0 radical (unpaired) electrons. The maximum Gasteiger partial charge on any atom is 0.254 e. The van der Waals surface area contributed by atoms with Crippen LogP contribution >= 0.6 is 0 Å². The van der Waals surface area contributed by atoms with Crippen molar-refractivity contribution in [3.8, 4) is 0 Å². The van der Waals surface area contributed by atoms with E-state index in [4.69, 9.17) is 4.98 Å². The minimum absolute atomic E-state index is 0.00512. The summed E-state index contributed by atoms with van der Waals surface area (Å²) in [4.78, 5) is 27.3. The summed E-state index contributed by atoms with van der Waals surface area (Å²) in [6, 6.07) is 15.9. The smallest absolute Gasteiger partial charge is 0.254 e. The van der Waals surface area contributed by atoms with Crippen LogP contribution < -0.4 is 0 Å². The Morgan fingerprint density at radius 1 is 1.14 bits per heavy atom. The summed E-state index contributed by atoms with van der Waals surface area (Å²) in [7, 11) is 0. The number of hydrogen-bond acceptors (Lipinski definition) is 3. The molecule has 28 heavy (non-hydrogen) atoms. The van der Waals surface area contributed by atoms with Gasteiger partial charge < -0.3 is 14.5 Å². The number of rotatable bonds is 4. The lowest BCUT2D eigenvalue weighted by atomic mass is 10.1. The molecule has 2 aromatic heterocycles. The van der Waals surface area contributed by atoms with Gasteiger partial charge in [-0.15, -0.1) is 0 Å². The first-order chi connectivity index (χ1) is 13.8. The highest BCUT2D eigenvalue weighted by molar-refractivity contribution is 5.94. The normalized spacial score (nSPS) is 16.7. The first kappa shape index (κ1) is 16.7. The van der Waals surface area contributed by atoms with Gasteiger partial charge in [-0.3, -0.25) is 4.79 Å². The Balaban J connectivity index is 1.36. The van der Waals surface area contributed by atoms with Gasteiger partial charge in [-0.2, -0.15) is 0 Å². The number of hydrogen-bond donors (Lipinski definition) is 1. The van der Waals surface area contributed by atoms with Crippen molar-refractivity contribution in [1.82, 2.24) is 24.4 Å². The van der Waals surface area contributed by atoms with Crippen LogP contribution in [-0.4, -0.2) is 36.9 Å². The van der Waals surface area contributed by atoms with Gasteiger partial charge in [0.2, 0.25) is 0 Å². The molecular weight excluding hydrogens is 350 g/mol. The summed E-state index contributed by atoms with van der Waals surface area (Å²) in [5.41, 5.74) is 3.82. The van der Waals surface area contributed by atoms with Crippen molar-refractivity contribution in [3.05, 3.63) is 84.2 Å². The highest BCUT2D eigenvalue weighted by atomic mass is 16.2. The zero-order valence-corrected chi connectivity index (χ0v) is 15.5. The molecule has 140 valence electrons. The molecule has 0 bridgehead atoms. The van der Waals surface area contributed by atoms with Gasteiger partial charge in [0, 0.05) is 31.0 Å². The van der Waals surface area contributed by atoms with Crippen molar-refractivity contribution in [2.45, 2.75) is 25.4 Å². The predicted molar refractivity (Wildman–Crippen MR) is 107 cm³/mol. The molecule has 2 aromatic carbocycles. The van der Waals surface area contributed by atoms with Crippen LogP contribution in [0.3, 0.4) is 0 Å². The van der Waals surface area contributed by atoms with E-state index in [1.807, 2.05) is 64.2 Å². The SMILES string of the molecule is O=C(c1ccc(Cn2ccnc2)cc1)N1CCC[C@H]1c1nc2ccccc2[nH]1. The van der Waals surface area contributed by atoms with Crippen molar-refractivity contribution in [2.75, 3.05) is 6.54 Å². The standard InChI is InChI=1S/C22H21N5O/c28-22(17-9-7-16(8-10-17)14-26-13-11-23-15-26)27-12-3-6-20(27)21-24-18-4-1-2-5-19(18)25-21/h1-2,4-5,7-11,13,15,20H,3,6,12,14H2,(H,24,25)/t20-/m0/s1. The number of aromatic amines is 1. The van der Waals surface area contributed by atoms with Crippen LogP contribution in [0, 0.1) is 0 Å². The van der Waals surface area contributed by atoms with Crippen molar-refractivity contribution in [3.63, 3.8) is 0 Å². The topological polar surface area (TPSA) is 66.8 Å². The number of aromatic nitrogens is 4. The van der Waals surface area contributed by atoms with Crippen molar-refractivity contribution < 1.29 is 4.79 Å². The molecule has 0 unspecified atom stereocenters. The van der Waals surface area contributed by atoms with Gasteiger partial charge in [0.1, 0.15) is 5.82 Å². The highest BCUT2D eigenvalue weighted by Gasteiger charge is 2.32. The molecule has 0 spiro atoms. The third kappa shape index (κ3) is 3.07. The lowest BCUT2D eigenvalue weighted by molar-refractivity contribution is 0.0730. The van der Waals surface area contributed by atoms with Crippen molar-refractivity contribution in [1.29, 1.82) is 0 Å². The van der Waals surface area contributed by atoms with Gasteiger partial charge in [0.05, 0.1) is 23.4 Å². The Bertz CT molecular complexity index is 1060. The summed E-state index contributed by atoms with van der Waals surface area (Å²) >= 11 is 0. The number of carbonyl (C=O) groups is 1. The van der Waals surface area contributed by atoms with Gasteiger partial charge in [0.25, 0.3) is 5.91 Å². The van der Waals surface area contributed by atoms with Crippen LogP contribution in [0.15, 0.2) is 67.3 Å².